The third-order valence-corrected chi connectivity index (χ3v) is 7.97. The molecule has 0 saturated carbocycles. The Morgan fingerprint density at radius 1 is 1.18 bits per heavy atom. The lowest BCUT2D eigenvalue weighted by molar-refractivity contribution is -0.161. The Balaban J connectivity index is 2.85. The average molecular weight is 334 g/mol. The minimum atomic E-state index is -4.54. The summed E-state index contributed by atoms with van der Waals surface area (Å²) in [7, 11) is -2.08. The van der Waals surface area contributed by atoms with Gasteiger partial charge in [-0.25, -0.2) is 4.79 Å². The number of benzene rings is 1. The molecule has 0 aliphatic rings. The van der Waals surface area contributed by atoms with E-state index in [0.717, 1.165) is 0 Å². The molecule has 0 unspecified atom stereocenters. The molecule has 1 aromatic rings. The maximum Gasteiger partial charge on any atom is 0.422 e. The number of rotatable bonds is 4. The average Bonchev–Trinajstić information content (AvgIpc) is 2.33. The zero-order chi connectivity index (χ0) is 17.2. The van der Waals surface area contributed by atoms with Crippen LogP contribution in [0.25, 0.3) is 0 Å². The molecule has 0 radical (unpaired) electrons. The molecule has 0 bridgehead atoms. The molecular formula is C15H21F3O3Si. The first-order chi connectivity index (χ1) is 9.82. The fourth-order valence-corrected chi connectivity index (χ4v) is 2.39. The molecule has 0 fully saturated rings. The van der Waals surface area contributed by atoms with Crippen molar-refractivity contribution >= 4 is 14.3 Å². The largest absolute Gasteiger partial charge is 0.543 e. The van der Waals surface area contributed by atoms with Gasteiger partial charge in [0.05, 0.1) is 5.56 Å². The van der Waals surface area contributed by atoms with Gasteiger partial charge in [-0.3, -0.25) is 0 Å². The number of carbonyl (C=O) groups is 1. The van der Waals surface area contributed by atoms with Crippen LogP contribution >= 0.6 is 0 Å². The summed E-state index contributed by atoms with van der Waals surface area (Å²) < 4.78 is 46.5. The van der Waals surface area contributed by atoms with E-state index < -0.39 is 27.1 Å². The number of halogens is 3. The summed E-state index contributed by atoms with van der Waals surface area (Å²) >= 11 is 0. The molecule has 0 aliphatic carbocycles. The van der Waals surface area contributed by atoms with Crippen LogP contribution < -0.4 is 4.43 Å². The van der Waals surface area contributed by atoms with Gasteiger partial charge in [0.15, 0.2) is 6.61 Å². The van der Waals surface area contributed by atoms with Crippen LogP contribution in [-0.4, -0.2) is 27.1 Å². The first-order valence-electron chi connectivity index (χ1n) is 6.85. The van der Waals surface area contributed by atoms with Gasteiger partial charge in [0, 0.05) is 0 Å². The summed E-state index contributed by atoms with van der Waals surface area (Å²) in [6.45, 7) is 8.70. The predicted molar refractivity (Wildman–Crippen MR) is 80.6 cm³/mol. The van der Waals surface area contributed by atoms with Gasteiger partial charge in [-0.15, -0.1) is 0 Å². The molecule has 0 amide bonds. The SMILES string of the molecule is CC(C)(C)[Si](C)(C)Oc1cccc(C(=O)OCC(F)(F)F)c1. The van der Waals surface area contributed by atoms with Crippen molar-refractivity contribution in [1.29, 1.82) is 0 Å². The highest BCUT2D eigenvalue weighted by Gasteiger charge is 2.39. The van der Waals surface area contributed by atoms with Gasteiger partial charge in [-0.1, -0.05) is 26.8 Å². The molecule has 0 heterocycles. The minimum Gasteiger partial charge on any atom is -0.543 e. The van der Waals surface area contributed by atoms with E-state index in [9.17, 15) is 18.0 Å². The first-order valence-corrected chi connectivity index (χ1v) is 9.76. The van der Waals surface area contributed by atoms with Crippen molar-refractivity contribution in [2.24, 2.45) is 0 Å². The molecule has 0 N–H and O–H groups in total. The summed E-state index contributed by atoms with van der Waals surface area (Å²) in [6.07, 6.45) is -4.54. The zero-order valence-electron chi connectivity index (χ0n) is 13.4. The van der Waals surface area contributed by atoms with Crippen LogP contribution in [0.4, 0.5) is 13.2 Å². The molecule has 0 atom stereocenters. The number of alkyl halides is 3. The second kappa shape index (κ2) is 6.32. The predicted octanol–water partition coefficient (Wildman–Crippen LogP) is 4.79. The summed E-state index contributed by atoms with van der Waals surface area (Å²) in [6, 6.07) is 6.06. The highest BCUT2D eigenvalue weighted by molar-refractivity contribution is 6.74. The van der Waals surface area contributed by atoms with Gasteiger partial charge in [0.25, 0.3) is 0 Å². The topological polar surface area (TPSA) is 35.5 Å². The van der Waals surface area contributed by atoms with Crippen LogP contribution in [0.1, 0.15) is 31.1 Å². The molecule has 0 aromatic heterocycles. The molecule has 124 valence electrons. The molecule has 0 aliphatic heterocycles. The van der Waals surface area contributed by atoms with E-state index in [1.165, 1.54) is 12.1 Å². The van der Waals surface area contributed by atoms with E-state index in [2.05, 4.69) is 25.5 Å². The van der Waals surface area contributed by atoms with E-state index in [0.29, 0.717) is 5.75 Å². The van der Waals surface area contributed by atoms with Crippen LogP contribution in [-0.2, 0) is 4.74 Å². The molecule has 22 heavy (non-hydrogen) atoms. The number of carbonyl (C=O) groups excluding carboxylic acids is 1. The quantitative estimate of drug-likeness (QED) is 0.587. The zero-order valence-corrected chi connectivity index (χ0v) is 14.4. The lowest BCUT2D eigenvalue weighted by Gasteiger charge is -2.36. The molecule has 0 spiro atoms. The minimum absolute atomic E-state index is 0.0280. The molecule has 1 aromatic carbocycles. The Labute approximate surface area is 129 Å². The summed E-state index contributed by atoms with van der Waals surface area (Å²) in [4.78, 5) is 11.6. The monoisotopic (exact) mass is 334 g/mol. The fraction of sp³-hybridized carbons (Fsp3) is 0.533. The fourth-order valence-electron chi connectivity index (χ4n) is 1.36. The van der Waals surface area contributed by atoms with Crippen molar-refractivity contribution in [3.63, 3.8) is 0 Å². The highest BCUT2D eigenvalue weighted by atomic mass is 28.4. The van der Waals surface area contributed by atoms with Crippen LogP contribution in [0.3, 0.4) is 0 Å². The second-order valence-corrected chi connectivity index (χ2v) is 11.3. The van der Waals surface area contributed by atoms with Crippen LogP contribution in [0.2, 0.25) is 18.1 Å². The van der Waals surface area contributed by atoms with Crippen molar-refractivity contribution in [1.82, 2.24) is 0 Å². The molecular weight excluding hydrogens is 313 g/mol. The maximum absolute atomic E-state index is 12.1. The summed E-state index contributed by atoms with van der Waals surface area (Å²) in [5, 5.41) is -0.0280. The van der Waals surface area contributed by atoms with E-state index in [4.69, 9.17) is 4.43 Å². The van der Waals surface area contributed by atoms with Gasteiger partial charge in [0.1, 0.15) is 5.75 Å². The Morgan fingerprint density at radius 2 is 1.77 bits per heavy atom. The van der Waals surface area contributed by atoms with Gasteiger partial charge in [-0.2, -0.15) is 13.2 Å². The Bertz CT molecular complexity index is 534. The highest BCUT2D eigenvalue weighted by Crippen LogP contribution is 2.37. The van der Waals surface area contributed by atoms with Gasteiger partial charge in [-0.05, 0) is 36.3 Å². The smallest absolute Gasteiger partial charge is 0.422 e. The lowest BCUT2D eigenvalue weighted by Crippen LogP contribution is -2.43. The standard InChI is InChI=1S/C15H21F3O3Si/c1-14(2,3)22(4,5)21-12-8-6-7-11(9-12)13(19)20-10-15(16,17)18/h6-9H,10H2,1-5H3. The summed E-state index contributed by atoms with van der Waals surface area (Å²) in [5.74, 6) is -0.550. The lowest BCUT2D eigenvalue weighted by atomic mass is 10.2. The first kappa shape index (κ1) is 18.5. The van der Waals surface area contributed by atoms with Crippen LogP contribution in [0, 0.1) is 0 Å². The van der Waals surface area contributed by atoms with E-state index in [-0.39, 0.29) is 10.6 Å². The third-order valence-electron chi connectivity index (χ3n) is 3.62. The molecule has 7 heteroatoms. The van der Waals surface area contributed by atoms with Crippen molar-refractivity contribution in [2.45, 2.75) is 45.1 Å². The second-order valence-electron chi connectivity index (χ2n) is 6.58. The van der Waals surface area contributed by atoms with Crippen molar-refractivity contribution in [3.8, 4) is 5.75 Å². The normalized spacial score (nSPS) is 12.9. The molecule has 0 saturated heterocycles. The van der Waals surface area contributed by atoms with Crippen molar-refractivity contribution in [3.05, 3.63) is 29.8 Å². The van der Waals surface area contributed by atoms with Crippen molar-refractivity contribution in [2.75, 3.05) is 6.61 Å². The molecule has 3 nitrogen and oxygen atoms in total. The Hall–Kier alpha value is -1.50. The molecule has 1 rings (SSSR count). The Kier molecular flexibility index (Phi) is 5.32. The van der Waals surface area contributed by atoms with E-state index in [1.54, 1.807) is 12.1 Å². The van der Waals surface area contributed by atoms with Crippen LogP contribution in [0.15, 0.2) is 24.3 Å². The maximum atomic E-state index is 12.1. The van der Waals surface area contributed by atoms with Gasteiger partial charge in [0.2, 0.25) is 8.32 Å². The number of ether oxygens (including phenoxy) is 1. The Morgan fingerprint density at radius 3 is 2.27 bits per heavy atom. The summed E-state index contributed by atoms with van der Waals surface area (Å²) in [5.41, 5.74) is 0.0421. The van der Waals surface area contributed by atoms with Gasteiger partial charge >= 0.3 is 12.1 Å². The number of esters is 1. The number of hydrogen-bond donors (Lipinski definition) is 0. The number of hydrogen-bond acceptors (Lipinski definition) is 3. The van der Waals surface area contributed by atoms with Crippen LogP contribution in [0.5, 0.6) is 5.75 Å². The van der Waals surface area contributed by atoms with E-state index >= 15 is 0 Å². The van der Waals surface area contributed by atoms with Gasteiger partial charge < -0.3 is 9.16 Å². The van der Waals surface area contributed by atoms with E-state index in [1.807, 2.05) is 13.1 Å². The third kappa shape index (κ3) is 5.36. The van der Waals surface area contributed by atoms with Crippen molar-refractivity contribution < 1.29 is 27.1 Å².